The number of nitrogens with one attached hydrogen (secondary N) is 1. The van der Waals surface area contributed by atoms with Gasteiger partial charge >= 0.3 is 6.03 Å². The molecule has 2 rings (SSSR count). The molecule has 1 unspecified atom stereocenters. The van der Waals surface area contributed by atoms with Crippen molar-refractivity contribution in [1.29, 1.82) is 0 Å². The molecule has 7 nitrogen and oxygen atoms in total. The van der Waals surface area contributed by atoms with Gasteiger partial charge in [-0.3, -0.25) is 4.79 Å². The Labute approximate surface area is 136 Å². The van der Waals surface area contributed by atoms with Gasteiger partial charge < -0.3 is 24.6 Å². The number of rotatable bonds is 4. The molecule has 0 bridgehead atoms. The Morgan fingerprint density at radius 1 is 1.30 bits per heavy atom. The van der Waals surface area contributed by atoms with Crippen molar-refractivity contribution in [1.82, 2.24) is 15.1 Å². The highest BCUT2D eigenvalue weighted by Gasteiger charge is 2.32. The topological polar surface area (TPSA) is 71.1 Å². The average molecular weight is 321 g/mol. The van der Waals surface area contributed by atoms with E-state index in [2.05, 4.69) is 5.32 Å². The highest BCUT2D eigenvalue weighted by atomic mass is 16.5. The van der Waals surface area contributed by atoms with Gasteiger partial charge in [-0.2, -0.15) is 0 Å². The van der Waals surface area contributed by atoms with Gasteiger partial charge in [0, 0.05) is 32.2 Å². The van der Waals surface area contributed by atoms with Crippen LogP contribution >= 0.6 is 0 Å². The molecular weight excluding hydrogens is 298 g/mol. The maximum atomic E-state index is 12.4. The minimum absolute atomic E-state index is 0.0506. The van der Waals surface area contributed by atoms with Gasteiger partial charge in [0.05, 0.1) is 14.2 Å². The lowest BCUT2D eigenvalue weighted by atomic mass is 10.1. The van der Waals surface area contributed by atoms with E-state index in [1.165, 1.54) is 0 Å². The van der Waals surface area contributed by atoms with Crippen LogP contribution in [0.15, 0.2) is 18.2 Å². The van der Waals surface area contributed by atoms with Crippen LogP contribution in [0.4, 0.5) is 4.79 Å². The molecule has 1 aliphatic heterocycles. The first-order valence-electron chi connectivity index (χ1n) is 7.48. The zero-order chi connectivity index (χ0) is 17.0. The van der Waals surface area contributed by atoms with E-state index >= 15 is 0 Å². The predicted octanol–water partition coefficient (Wildman–Crippen LogP) is 1.08. The molecule has 1 aromatic carbocycles. The summed E-state index contributed by atoms with van der Waals surface area (Å²) in [6.07, 6.45) is 0. The van der Waals surface area contributed by atoms with Crippen LogP contribution in [-0.4, -0.2) is 62.1 Å². The molecule has 0 spiro atoms. The fraction of sp³-hybridized carbons (Fsp3) is 0.500. The predicted molar refractivity (Wildman–Crippen MR) is 85.6 cm³/mol. The Kier molecular flexibility index (Phi) is 5.31. The molecule has 1 N–H and O–H groups in total. The minimum Gasteiger partial charge on any atom is -0.497 e. The number of likely N-dealkylation sites (N-methyl/N-ethyl adjacent to an activating group) is 1. The maximum Gasteiger partial charge on any atom is 0.318 e. The number of nitrogens with zero attached hydrogens (tertiary/aromatic N) is 2. The second kappa shape index (κ2) is 7.21. The molecule has 0 radical (unpaired) electrons. The number of carbonyl (C=O) groups is 2. The Morgan fingerprint density at radius 2 is 2.04 bits per heavy atom. The Bertz CT molecular complexity index is 591. The first-order chi connectivity index (χ1) is 11.0. The molecule has 1 aliphatic rings. The van der Waals surface area contributed by atoms with Crippen molar-refractivity contribution >= 4 is 11.9 Å². The summed E-state index contributed by atoms with van der Waals surface area (Å²) in [5.41, 5.74) is 0.813. The zero-order valence-corrected chi connectivity index (χ0v) is 14.0. The minimum atomic E-state index is -0.457. The van der Waals surface area contributed by atoms with E-state index in [0.29, 0.717) is 31.1 Å². The van der Waals surface area contributed by atoms with Gasteiger partial charge in [0.2, 0.25) is 5.91 Å². The van der Waals surface area contributed by atoms with Gasteiger partial charge in [-0.1, -0.05) is 0 Å². The summed E-state index contributed by atoms with van der Waals surface area (Å²) in [4.78, 5) is 27.5. The lowest BCUT2D eigenvalue weighted by Gasteiger charge is -2.37. The number of methoxy groups -OCH3 is 2. The molecule has 0 saturated carbocycles. The molecule has 23 heavy (non-hydrogen) atoms. The van der Waals surface area contributed by atoms with E-state index in [1.54, 1.807) is 50.1 Å². The van der Waals surface area contributed by atoms with Crippen LogP contribution in [0.1, 0.15) is 12.5 Å². The number of benzene rings is 1. The molecule has 1 fully saturated rings. The van der Waals surface area contributed by atoms with Crippen molar-refractivity contribution in [3.63, 3.8) is 0 Å². The largest absolute Gasteiger partial charge is 0.497 e. The van der Waals surface area contributed by atoms with Gasteiger partial charge in [0.15, 0.2) is 0 Å². The van der Waals surface area contributed by atoms with Crippen LogP contribution in [0.3, 0.4) is 0 Å². The van der Waals surface area contributed by atoms with E-state index in [4.69, 9.17) is 9.47 Å². The summed E-state index contributed by atoms with van der Waals surface area (Å²) in [6, 6.07) is 4.69. The molecule has 3 amide bonds. The zero-order valence-electron chi connectivity index (χ0n) is 14.0. The van der Waals surface area contributed by atoms with Crippen molar-refractivity contribution in [3.8, 4) is 11.5 Å². The Hall–Kier alpha value is -2.44. The number of carbonyl (C=O) groups excluding carboxylic acids is 2. The number of ether oxygens (including phenoxy) is 2. The summed E-state index contributed by atoms with van der Waals surface area (Å²) in [7, 11) is 4.91. The van der Waals surface area contributed by atoms with E-state index in [1.807, 2.05) is 6.07 Å². The molecule has 7 heteroatoms. The molecule has 1 atom stereocenters. The third-order valence-electron chi connectivity index (χ3n) is 4.06. The van der Waals surface area contributed by atoms with Crippen molar-refractivity contribution in [2.45, 2.75) is 19.5 Å². The van der Waals surface area contributed by atoms with Crippen LogP contribution in [0.2, 0.25) is 0 Å². The number of hydrogen-bond acceptors (Lipinski definition) is 4. The van der Waals surface area contributed by atoms with Crippen molar-refractivity contribution in [2.75, 3.05) is 34.4 Å². The SMILES string of the molecule is COc1ccc(OC)c(CNC(=O)N2CCN(C)C(=O)C2C)c1. The molecule has 0 aromatic heterocycles. The quantitative estimate of drug-likeness (QED) is 0.901. The molecule has 1 saturated heterocycles. The van der Waals surface area contributed by atoms with Gasteiger partial charge in [-0.25, -0.2) is 4.79 Å². The normalized spacial score (nSPS) is 17.9. The molecular formula is C16H23N3O4. The second-order valence-electron chi connectivity index (χ2n) is 5.47. The summed E-state index contributed by atoms with van der Waals surface area (Å²) in [6.45, 7) is 3.10. The molecule has 1 aromatic rings. The van der Waals surface area contributed by atoms with Crippen LogP contribution in [0.5, 0.6) is 11.5 Å². The summed E-state index contributed by atoms with van der Waals surface area (Å²) < 4.78 is 10.5. The van der Waals surface area contributed by atoms with E-state index in [0.717, 1.165) is 5.56 Å². The highest BCUT2D eigenvalue weighted by Crippen LogP contribution is 2.23. The maximum absolute atomic E-state index is 12.4. The number of piperazine rings is 1. The van der Waals surface area contributed by atoms with Crippen LogP contribution in [0, 0.1) is 0 Å². The van der Waals surface area contributed by atoms with Crippen molar-refractivity contribution < 1.29 is 19.1 Å². The summed E-state index contributed by atoms with van der Waals surface area (Å²) >= 11 is 0. The first-order valence-corrected chi connectivity index (χ1v) is 7.48. The van der Waals surface area contributed by atoms with Gasteiger partial charge in [-0.15, -0.1) is 0 Å². The smallest absolute Gasteiger partial charge is 0.318 e. The fourth-order valence-corrected chi connectivity index (χ4v) is 2.58. The highest BCUT2D eigenvalue weighted by molar-refractivity contribution is 5.87. The standard InChI is InChI=1S/C16H23N3O4/c1-11-15(20)18(2)7-8-19(11)16(21)17-10-12-9-13(22-3)5-6-14(12)23-4/h5-6,9,11H,7-8,10H2,1-4H3,(H,17,21). The van der Waals surface area contributed by atoms with Gasteiger partial charge in [-0.05, 0) is 25.1 Å². The monoisotopic (exact) mass is 321 g/mol. The second-order valence-corrected chi connectivity index (χ2v) is 5.47. The molecule has 126 valence electrons. The first kappa shape index (κ1) is 16.9. The lowest BCUT2D eigenvalue weighted by Crippen LogP contribution is -2.58. The average Bonchev–Trinajstić information content (AvgIpc) is 2.57. The van der Waals surface area contributed by atoms with E-state index in [9.17, 15) is 9.59 Å². The summed E-state index contributed by atoms with van der Waals surface area (Å²) in [5.74, 6) is 1.32. The third kappa shape index (κ3) is 3.67. The van der Waals surface area contributed by atoms with Gasteiger partial charge in [0.25, 0.3) is 0 Å². The van der Waals surface area contributed by atoms with Crippen molar-refractivity contribution in [3.05, 3.63) is 23.8 Å². The number of urea groups is 1. The fourth-order valence-electron chi connectivity index (χ4n) is 2.58. The van der Waals surface area contributed by atoms with E-state index < -0.39 is 6.04 Å². The summed E-state index contributed by atoms with van der Waals surface area (Å²) in [5, 5.41) is 2.84. The van der Waals surface area contributed by atoms with E-state index in [-0.39, 0.29) is 11.9 Å². The van der Waals surface area contributed by atoms with Crippen LogP contribution < -0.4 is 14.8 Å². The Morgan fingerprint density at radius 3 is 2.70 bits per heavy atom. The molecule has 1 heterocycles. The molecule has 0 aliphatic carbocycles. The Balaban J connectivity index is 2.03. The van der Waals surface area contributed by atoms with Crippen molar-refractivity contribution in [2.24, 2.45) is 0 Å². The van der Waals surface area contributed by atoms with Gasteiger partial charge in [0.1, 0.15) is 17.5 Å². The van der Waals surface area contributed by atoms with Crippen LogP contribution in [-0.2, 0) is 11.3 Å². The third-order valence-corrected chi connectivity index (χ3v) is 4.06. The number of amides is 3. The van der Waals surface area contributed by atoms with Crippen LogP contribution in [0.25, 0.3) is 0 Å². The number of hydrogen-bond donors (Lipinski definition) is 1. The lowest BCUT2D eigenvalue weighted by molar-refractivity contribution is -0.137.